The number of hydrogen-bond acceptors (Lipinski definition) is 4. The van der Waals surface area contributed by atoms with E-state index in [9.17, 15) is 9.67 Å². The highest BCUT2D eigenvalue weighted by molar-refractivity contribution is 7.54. The number of aliphatic hydroxyl groups is 1. The van der Waals surface area contributed by atoms with Gasteiger partial charge in [0, 0.05) is 20.1 Å². The number of rotatable bonds is 5. The highest BCUT2D eigenvalue weighted by Gasteiger charge is 2.37. The van der Waals surface area contributed by atoms with Crippen LogP contribution in [0.25, 0.3) is 0 Å². The molecule has 5 heteroatoms. The molecule has 17 heavy (non-hydrogen) atoms. The minimum Gasteiger partial charge on any atom is -0.380 e. The van der Waals surface area contributed by atoms with E-state index in [1.807, 2.05) is 31.2 Å². The first-order valence-corrected chi connectivity index (χ1v) is 7.01. The normalized spacial score (nSPS) is 15.6. The predicted molar refractivity (Wildman–Crippen MR) is 67.2 cm³/mol. The number of hydrogen-bond donors (Lipinski definition) is 1. The molecule has 0 amide bonds. The van der Waals surface area contributed by atoms with Gasteiger partial charge in [-0.15, -0.1) is 0 Å². The van der Waals surface area contributed by atoms with Gasteiger partial charge in [0.15, 0.2) is 5.85 Å². The molecule has 0 spiro atoms. The lowest BCUT2D eigenvalue weighted by molar-refractivity contribution is 0.158. The third-order valence-electron chi connectivity index (χ3n) is 2.88. The van der Waals surface area contributed by atoms with Crippen LogP contribution in [0.2, 0.25) is 0 Å². The third-order valence-corrected chi connectivity index (χ3v) is 5.00. The number of benzene rings is 1. The van der Waals surface area contributed by atoms with Gasteiger partial charge in [0.25, 0.3) is 0 Å². The summed E-state index contributed by atoms with van der Waals surface area (Å²) in [4.78, 5) is 0. The summed E-state index contributed by atoms with van der Waals surface area (Å²) in [7, 11) is -0.904. The van der Waals surface area contributed by atoms with Gasteiger partial charge in [-0.3, -0.25) is 4.57 Å². The lowest BCUT2D eigenvalue weighted by Crippen LogP contribution is -2.18. The van der Waals surface area contributed by atoms with Gasteiger partial charge in [-0.05, 0) is 12.5 Å². The first kappa shape index (κ1) is 14.4. The molecule has 2 atom stereocenters. The second kappa shape index (κ2) is 5.78. The van der Waals surface area contributed by atoms with Crippen LogP contribution in [0, 0.1) is 6.92 Å². The Morgan fingerprint density at radius 3 is 2.06 bits per heavy atom. The van der Waals surface area contributed by atoms with Gasteiger partial charge in [0.1, 0.15) is 0 Å². The van der Waals surface area contributed by atoms with Crippen LogP contribution in [-0.4, -0.2) is 25.2 Å². The summed E-state index contributed by atoms with van der Waals surface area (Å²) in [6.07, 6.45) is 0. The topological polar surface area (TPSA) is 55.8 Å². The van der Waals surface area contributed by atoms with Gasteiger partial charge in [0.2, 0.25) is 0 Å². The zero-order valence-corrected chi connectivity index (χ0v) is 11.5. The fraction of sp³-hybridized carbons (Fsp3) is 0.500. The van der Waals surface area contributed by atoms with Crippen molar-refractivity contribution in [2.45, 2.75) is 25.6 Å². The van der Waals surface area contributed by atoms with E-state index in [2.05, 4.69) is 0 Å². The Kier molecular flexibility index (Phi) is 4.90. The Balaban J connectivity index is 2.93. The Bertz CT molecular complexity index is 393. The summed E-state index contributed by atoms with van der Waals surface area (Å²) in [5.74, 6) is -1.48. The first-order valence-electron chi connectivity index (χ1n) is 5.40. The molecule has 0 aliphatic heterocycles. The summed E-state index contributed by atoms with van der Waals surface area (Å²) >= 11 is 0. The molecule has 1 aromatic carbocycles. The minimum atomic E-state index is -3.45. The zero-order chi connectivity index (χ0) is 13.1. The fourth-order valence-electron chi connectivity index (χ4n) is 1.61. The maximum absolute atomic E-state index is 12.0. The largest absolute Gasteiger partial charge is 0.380 e. The van der Waals surface area contributed by atoms with Crippen molar-refractivity contribution in [3.8, 4) is 0 Å². The van der Waals surface area contributed by atoms with Crippen LogP contribution < -0.4 is 0 Å². The zero-order valence-electron chi connectivity index (χ0n) is 10.6. The van der Waals surface area contributed by atoms with Crippen LogP contribution >= 0.6 is 7.60 Å². The lowest BCUT2D eigenvalue weighted by atomic mass is 10.0. The van der Waals surface area contributed by atoms with Crippen LogP contribution in [0.3, 0.4) is 0 Å². The Morgan fingerprint density at radius 2 is 1.65 bits per heavy atom. The van der Waals surface area contributed by atoms with Crippen LogP contribution in [-0.2, 0) is 13.6 Å². The van der Waals surface area contributed by atoms with Gasteiger partial charge in [-0.2, -0.15) is 0 Å². The highest BCUT2D eigenvalue weighted by Crippen LogP contribution is 2.54. The van der Waals surface area contributed by atoms with E-state index in [-0.39, 0.29) is 5.92 Å². The second-order valence-corrected chi connectivity index (χ2v) is 6.36. The molecule has 96 valence electrons. The Labute approximate surface area is 102 Å². The van der Waals surface area contributed by atoms with E-state index in [1.165, 1.54) is 14.2 Å². The van der Waals surface area contributed by atoms with Crippen molar-refractivity contribution in [1.29, 1.82) is 0 Å². The average Bonchev–Trinajstić information content (AvgIpc) is 2.37. The number of aryl methyl sites for hydroxylation is 1. The molecule has 0 aliphatic rings. The van der Waals surface area contributed by atoms with Crippen LogP contribution in [0.4, 0.5) is 0 Å². The van der Waals surface area contributed by atoms with E-state index in [1.54, 1.807) is 6.92 Å². The van der Waals surface area contributed by atoms with Crippen molar-refractivity contribution in [2.24, 2.45) is 0 Å². The summed E-state index contributed by atoms with van der Waals surface area (Å²) in [5, 5.41) is 10.0. The molecule has 4 nitrogen and oxygen atoms in total. The SMILES string of the molecule is COP(=O)(OC)[C@@H](O)[C@H](C)c1ccc(C)cc1. The summed E-state index contributed by atoms with van der Waals surface area (Å²) < 4.78 is 21.6. The van der Waals surface area contributed by atoms with Crippen LogP contribution in [0.15, 0.2) is 24.3 Å². The molecule has 0 heterocycles. The maximum Gasteiger partial charge on any atom is 0.358 e. The van der Waals surface area contributed by atoms with E-state index in [4.69, 9.17) is 9.05 Å². The summed E-state index contributed by atoms with van der Waals surface area (Å²) in [6.45, 7) is 3.78. The van der Waals surface area contributed by atoms with Gasteiger partial charge < -0.3 is 14.2 Å². The smallest absolute Gasteiger partial charge is 0.358 e. The van der Waals surface area contributed by atoms with E-state index in [0.717, 1.165) is 11.1 Å². The molecule has 1 N–H and O–H groups in total. The quantitative estimate of drug-likeness (QED) is 0.825. The monoisotopic (exact) mass is 258 g/mol. The van der Waals surface area contributed by atoms with Gasteiger partial charge in [-0.1, -0.05) is 36.8 Å². The van der Waals surface area contributed by atoms with E-state index >= 15 is 0 Å². The van der Waals surface area contributed by atoms with Crippen molar-refractivity contribution in [2.75, 3.05) is 14.2 Å². The standard InChI is InChI=1S/C12H19O4P/c1-9-5-7-11(8-6-9)10(2)12(13)17(14,15-3)16-4/h5-8,10,12-13H,1-4H3/t10-,12-/m1/s1. The van der Waals surface area contributed by atoms with Crippen molar-refractivity contribution < 1.29 is 18.7 Å². The van der Waals surface area contributed by atoms with Crippen molar-refractivity contribution in [3.05, 3.63) is 35.4 Å². The molecular weight excluding hydrogens is 239 g/mol. The average molecular weight is 258 g/mol. The van der Waals surface area contributed by atoms with Crippen LogP contribution in [0.1, 0.15) is 24.0 Å². The molecule has 0 saturated carbocycles. The summed E-state index contributed by atoms with van der Waals surface area (Å²) in [6, 6.07) is 7.70. The van der Waals surface area contributed by atoms with Crippen molar-refractivity contribution in [1.82, 2.24) is 0 Å². The fourth-order valence-corrected chi connectivity index (χ4v) is 2.91. The molecule has 0 radical (unpaired) electrons. The minimum absolute atomic E-state index is 0.318. The third kappa shape index (κ3) is 3.17. The van der Waals surface area contributed by atoms with Gasteiger partial charge in [-0.25, -0.2) is 0 Å². The van der Waals surface area contributed by atoms with Crippen molar-refractivity contribution in [3.63, 3.8) is 0 Å². The predicted octanol–water partition coefficient (Wildman–Crippen LogP) is 2.90. The molecule has 1 aromatic rings. The Morgan fingerprint density at radius 1 is 1.18 bits per heavy atom. The first-order chi connectivity index (χ1) is 7.94. The van der Waals surface area contributed by atoms with E-state index < -0.39 is 13.4 Å². The van der Waals surface area contributed by atoms with E-state index in [0.29, 0.717) is 0 Å². The van der Waals surface area contributed by atoms with Gasteiger partial charge in [0.05, 0.1) is 0 Å². The molecule has 0 aromatic heterocycles. The number of aliphatic hydroxyl groups excluding tert-OH is 1. The molecule has 1 rings (SSSR count). The molecule has 0 bridgehead atoms. The second-order valence-electron chi connectivity index (χ2n) is 4.02. The summed E-state index contributed by atoms with van der Waals surface area (Å²) in [5.41, 5.74) is 2.04. The maximum atomic E-state index is 12.0. The Hall–Kier alpha value is -0.670. The lowest BCUT2D eigenvalue weighted by Gasteiger charge is -2.25. The molecule has 0 fully saturated rings. The molecule has 0 saturated heterocycles. The molecule has 0 aliphatic carbocycles. The highest BCUT2D eigenvalue weighted by atomic mass is 31.2. The van der Waals surface area contributed by atoms with Gasteiger partial charge >= 0.3 is 7.60 Å². The van der Waals surface area contributed by atoms with Crippen molar-refractivity contribution >= 4 is 7.60 Å². The van der Waals surface area contributed by atoms with Crippen LogP contribution in [0.5, 0.6) is 0 Å². The molecule has 0 unspecified atom stereocenters. The molecular formula is C12H19O4P.